The van der Waals surface area contributed by atoms with Gasteiger partial charge < -0.3 is 0 Å². The van der Waals surface area contributed by atoms with Crippen molar-refractivity contribution in [3.63, 3.8) is 0 Å². The summed E-state index contributed by atoms with van der Waals surface area (Å²) in [5.41, 5.74) is 4.72. The molecule has 0 aliphatic heterocycles. The molecule has 0 bridgehead atoms. The van der Waals surface area contributed by atoms with Crippen LogP contribution in [0.25, 0.3) is 22.4 Å². The number of nitrogens with zero attached hydrogens (tertiary/aromatic N) is 2. The molecule has 0 spiro atoms. The second kappa shape index (κ2) is 6.33. The first-order chi connectivity index (χ1) is 11.2. The normalized spacial score (nSPS) is 10.1. The van der Waals surface area contributed by atoms with Crippen LogP contribution in [0.4, 0.5) is 5.82 Å². The fourth-order valence-electron chi connectivity index (χ4n) is 2.64. The van der Waals surface area contributed by atoms with Crippen LogP contribution in [0.2, 0.25) is 0 Å². The van der Waals surface area contributed by atoms with Crippen LogP contribution in [-0.4, -0.2) is 14.1 Å². The maximum Gasteiger partial charge on any atom is 0.293 e. The van der Waals surface area contributed by atoms with E-state index < -0.39 is 0 Å². The van der Waals surface area contributed by atoms with E-state index in [1.165, 1.54) is 0 Å². The number of hydrogen-bond acceptors (Lipinski definition) is 2. The molecule has 0 aliphatic rings. The van der Waals surface area contributed by atoms with Gasteiger partial charge in [0.2, 0.25) is 0 Å². The molecule has 0 radical (unpaired) electrons. The van der Waals surface area contributed by atoms with Gasteiger partial charge in [-0.1, -0.05) is 60.7 Å². The lowest BCUT2D eigenvalue weighted by Crippen LogP contribution is -2.24. The van der Waals surface area contributed by atoms with E-state index in [0.717, 1.165) is 28.2 Å². The fraction of sp³-hybridized carbons (Fsp3) is 0.100. The Bertz CT molecular complexity index is 847. The van der Waals surface area contributed by atoms with Crippen LogP contribution in [0, 0.1) is 11.3 Å². The lowest BCUT2D eigenvalue weighted by molar-refractivity contribution is -0.350. The Balaban J connectivity index is 2.29. The Morgan fingerprint density at radius 3 is 1.96 bits per heavy atom. The van der Waals surface area contributed by atoms with Gasteiger partial charge in [0, 0.05) is 11.1 Å². The second-order valence-electron chi connectivity index (χ2n) is 5.56. The highest BCUT2D eigenvalue weighted by Gasteiger charge is 2.21. The van der Waals surface area contributed by atoms with Crippen LogP contribution in [0.15, 0.2) is 66.7 Å². The predicted octanol–water partition coefficient (Wildman–Crippen LogP) is 3.77. The lowest BCUT2D eigenvalue weighted by Gasteiger charge is -2.12. The molecule has 23 heavy (non-hydrogen) atoms. The summed E-state index contributed by atoms with van der Waals surface area (Å²) >= 11 is 0. The molecule has 0 atom stereocenters. The zero-order valence-electron chi connectivity index (χ0n) is 13.2. The van der Waals surface area contributed by atoms with Gasteiger partial charge in [-0.2, -0.15) is 5.26 Å². The highest BCUT2D eigenvalue weighted by molar-refractivity contribution is 5.78. The van der Waals surface area contributed by atoms with Crippen molar-refractivity contribution in [2.24, 2.45) is 0 Å². The van der Waals surface area contributed by atoms with Crippen LogP contribution < -0.4 is 9.88 Å². The van der Waals surface area contributed by atoms with Gasteiger partial charge in [0.15, 0.2) is 0 Å². The summed E-state index contributed by atoms with van der Waals surface area (Å²) in [5.74, 6) is 0.813. The topological polar surface area (TPSA) is 41.2 Å². The van der Waals surface area contributed by atoms with Crippen LogP contribution >= 0.6 is 0 Å². The molecule has 0 aliphatic carbocycles. The minimum Gasteiger partial charge on any atom is -0.266 e. The largest absolute Gasteiger partial charge is 0.293 e. The minimum absolute atomic E-state index is 0.654. The summed E-state index contributed by atoms with van der Waals surface area (Å²) in [7, 11) is 3.88. The number of pyridine rings is 1. The van der Waals surface area contributed by atoms with E-state index in [9.17, 15) is 5.26 Å². The number of H-pyrrole nitrogens is 1. The predicted molar refractivity (Wildman–Crippen MR) is 92.9 cm³/mol. The van der Waals surface area contributed by atoms with Gasteiger partial charge in [0.05, 0.1) is 14.1 Å². The molecule has 0 unspecified atom stereocenters. The SMILES string of the molecule is CN(C)c1[nH+]c(-c2ccccc2)cc(-c2ccccc2)c1C#N. The van der Waals surface area contributed by atoms with Crippen LogP contribution in [0.3, 0.4) is 0 Å². The van der Waals surface area contributed by atoms with Crippen LogP contribution in [0.1, 0.15) is 5.56 Å². The first-order valence-electron chi connectivity index (χ1n) is 7.49. The Morgan fingerprint density at radius 1 is 0.870 bits per heavy atom. The number of hydrogen-bond donors (Lipinski definition) is 0. The molecule has 3 heteroatoms. The van der Waals surface area contributed by atoms with Crippen LogP contribution in [0.5, 0.6) is 0 Å². The molecule has 0 saturated heterocycles. The molecule has 1 heterocycles. The molecule has 0 fully saturated rings. The molecule has 112 valence electrons. The fourth-order valence-corrected chi connectivity index (χ4v) is 2.64. The Hall–Kier alpha value is -3.12. The average molecular weight is 300 g/mol. The Labute approximate surface area is 136 Å². The highest BCUT2D eigenvalue weighted by Crippen LogP contribution is 2.30. The first-order valence-corrected chi connectivity index (χ1v) is 7.49. The third kappa shape index (κ3) is 2.93. The van der Waals surface area contributed by atoms with Gasteiger partial charge in [0.25, 0.3) is 5.82 Å². The molecule has 1 N–H and O–H groups in total. The number of benzene rings is 2. The average Bonchev–Trinajstić information content (AvgIpc) is 2.62. The minimum atomic E-state index is 0.654. The summed E-state index contributed by atoms with van der Waals surface area (Å²) in [6.45, 7) is 0. The number of nitrogens with one attached hydrogen (secondary N) is 1. The van der Waals surface area contributed by atoms with E-state index in [0.29, 0.717) is 5.56 Å². The second-order valence-corrected chi connectivity index (χ2v) is 5.56. The van der Waals surface area contributed by atoms with Gasteiger partial charge in [0.1, 0.15) is 17.3 Å². The van der Waals surface area contributed by atoms with Crippen molar-refractivity contribution in [2.75, 3.05) is 19.0 Å². The third-order valence-electron chi connectivity index (χ3n) is 3.78. The maximum absolute atomic E-state index is 9.67. The van der Waals surface area contributed by atoms with Crippen molar-refractivity contribution >= 4 is 5.82 Å². The van der Waals surface area contributed by atoms with Crippen LogP contribution in [-0.2, 0) is 0 Å². The highest BCUT2D eigenvalue weighted by atomic mass is 15.1. The molecule has 1 aromatic heterocycles. The molecule has 3 aromatic rings. The quantitative estimate of drug-likeness (QED) is 0.738. The first kappa shape index (κ1) is 14.8. The van der Waals surface area contributed by atoms with Crippen molar-refractivity contribution in [2.45, 2.75) is 0 Å². The summed E-state index contributed by atoms with van der Waals surface area (Å²) in [4.78, 5) is 5.34. The van der Waals surface area contributed by atoms with Gasteiger partial charge in [-0.25, -0.2) is 4.98 Å². The van der Waals surface area contributed by atoms with Crippen molar-refractivity contribution in [1.82, 2.24) is 0 Å². The van der Waals surface area contributed by atoms with E-state index in [4.69, 9.17) is 0 Å². The molecule has 0 amide bonds. The number of anilines is 1. The van der Waals surface area contributed by atoms with Gasteiger partial charge in [-0.3, -0.25) is 4.90 Å². The van der Waals surface area contributed by atoms with E-state index in [1.807, 2.05) is 67.5 Å². The summed E-state index contributed by atoms with van der Waals surface area (Å²) in [6.07, 6.45) is 0. The lowest BCUT2D eigenvalue weighted by atomic mass is 9.98. The van der Waals surface area contributed by atoms with Gasteiger partial charge in [-0.05, 0) is 11.6 Å². The zero-order valence-corrected chi connectivity index (χ0v) is 13.2. The zero-order chi connectivity index (χ0) is 16.2. The maximum atomic E-state index is 9.67. The summed E-state index contributed by atoms with van der Waals surface area (Å²) < 4.78 is 0. The molecule has 0 saturated carbocycles. The Kier molecular flexibility index (Phi) is 4.07. The van der Waals surface area contributed by atoms with Crippen molar-refractivity contribution in [3.8, 4) is 28.5 Å². The van der Waals surface area contributed by atoms with Crippen molar-refractivity contribution in [3.05, 3.63) is 72.3 Å². The molecule has 2 aromatic carbocycles. The standard InChI is InChI=1S/C20H17N3/c1-23(2)20-18(14-21)17(15-9-5-3-6-10-15)13-19(22-20)16-11-7-4-8-12-16/h3-13H,1-2H3/p+1. The Morgan fingerprint density at radius 2 is 1.43 bits per heavy atom. The number of nitriles is 1. The van der Waals surface area contributed by atoms with Gasteiger partial charge in [-0.15, -0.1) is 0 Å². The monoisotopic (exact) mass is 300 g/mol. The third-order valence-corrected chi connectivity index (χ3v) is 3.78. The molecular weight excluding hydrogens is 282 g/mol. The summed E-state index contributed by atoms with van der Waals surface area (Å²) in [5, 5.41) is 9.67. The molecule has 3 nitrogen and oxygen atoms in total. The number of aromatic nitrogens is 1. The van der Waals surface area contributed by atoms with E-state index >= 15 is 0 Å². The molecule has 3 rings (SSSR count). The smallest absolute Gasteiger partial charge is 0.266 e. The van der Waals surface area contributed by atoms with E-state index in [2.05, 4.69) is 29.3 Å². The van der Waals surface area contributed by atoms with Gasteiger partial charge >= 0.3 is 0 Å². The van der Waals surface area contributed by atoms with Crippen molar-refractivity contribution in [1.29, 1.82) is 5.26 Å². The number of aromatic amines is 1. The van der Waals surface area contributed by atoms with E-state index in [1.54, 1.807) is 0 Å². The summed E-state index contributed by atoms with van der Waals surface area (Å²) in [6, 6.07) is 24.6. The molecular formula is C20H18N3+. The van der Waals surface area contributed by atoms with Crippen molar-refractivity contribution < 1.29 is 4.98 Å². The number of rotatable bonds is 3. The van der Waals surface area contributed by atoms with E-state index in [-0.39, 0.29) is 0 Å².